The van der Waals surface area contributed by atoms with Crippen molar-refractivity contribution in [3.05, 3.63) is 0 Å². The van der Waals surface area contributed by atoms with Gasteiger partial charge in [-0.05, 0) is 30.6 Å². The second-order valence-corrected chi connectivity index (χ2v) is 5.21. The van der Waals surface area contributed by atoms with Gasteiger partial charge in [-0.1, -0.05) is 25.9 Å². The summed E-state index contributed by atoms with van der Waals surface area (Å²) in [6.07, 6.45) is 3.80. The molecule has 0 aromatic heterocycles. The Labute approximate surface area is 80.3 Å². The van der Waals surface area contributed by atoms with Crippen LogP contribution in [0.4, 0.5) is 0 Å². The van der Waals surface area contributed by atoms with Gasteiger partial charge in [0.05, 0.1) is 5.71 Å². The smallest absolute Gasteiger partial charge is 0.106 e. The summed E-state index contributed by atoms with van der Waals surface area (Å²) in [4.78, 5) is 4.92. The van der Waals surface area contributed by atoms with Gasteiger partial charge in [0.1, 0.15) is 7.11 Å². The molecule has 2 fully saturated rings. The Balaban J connectivity index is 2.38. The minimum Gasteiger partial charge on any atom is -0.399 e. The van der Waals surface area contributed by atoms with Crippen molar-refractivity contribution in [2.24, 2.45) is 21.9 Å². The number of nitrogens with zero attached hydrogens (tertiary/aromatic N) is 1. The highest BCUT2D eigenvalue weighted by Gasteiger charge is 2.60. The second kappa shape index (κ2) is 2.49. The lowest BCUT2D eigenvalue weighted by Gasteiger charge is -2.34. The summed E-state index contributed by atoms with van der Waals surface area (Å²) in [6, 6.07) is 0. The number of hydrogen-bond acceptors (Lipinski definition) is 2. The molecule has 0 N–H and O–H groups in total. The van der Waals surface area contributed by atoms with Crippen molar-refractivity contribution < 1.29 is 4.84 Å². The van der Waals surface area contributed by atoms with E-state index in [0.29, 0.717) is 10.8 Å². The first kappa shape index (κ1) is 9.04. The fourth-order valence-electron chi connectivity index (χ4n) is 3.18. The summed E-state index contributed by atoms with van der Waals surface area (Å²) in [6.45, 7) is 7.10. The Bertz CT molecular complexity index is 257. The van der Waals surface area contributed by atoms with E-state index in [-0.39, 0.29) is 0 Å². The molecule has 13 heavy (non-hydrogen) atoms. The Morgan fingerprint density at radius 2 is 2.08 bits per heavy atom. The molecule has 0 saturated heterocycles. The second-order valence-electron chi connectivity index (χ2n) is 5.21. The highest BCUT2D eigenvalue weighted by Crippen LogP contribution is 2.63. The highest BCUT2D eigenvalue weighted by atomic mass is 16.6. The Kier molecular flexibility index (Phi) is 1.73. The Morgan fingerprint density at radius 1 is 1.38 bits per heavy atom. The third-order valence-electron chi connectivity index (χ3n) is 4.71. The van der Waals surface area contributed by atoms with Gasteiger partial charge in [-0.25, -0.2) is 0 Å². The van der Waals surface area contributed by atoms with Crippen molar-refractivity contribution in [3.63, 3.8) is 0 Å². The fraction of sp³-hybridized carbons (Fsp3) is 0.909. The van der Waals surface area contributed by atoms with Gasteiger partial charge >= 0.3 is 0 Å². The molecule has 2 saturated carbocycles. The van der Waals surface area contributed by atoms with Gasteiger partial charge in [0.15, 0.2) is 0 Å². The van der Waals surface area contributed by atoms with Crippen LogP contribution in [0, 0.1) is 16.7 Å². The molecule has 2 aliphatic carbocycles. The molecule has 0 radical (unpaired) electrons. The van der Waals surface area contributed by atoms with Crippen LogP contribution in [-0.4, -0.2) is 12.8 Å². The van der Waals surface area contributed by atoms with Crippen LogP contribution in [0.25, 0.3) is 0 Å². The fourth-order valence-corrected chi connectivity index (χ4v) is 3.18. The summed E-state index contributed by atoms with van der Waals surface area (Å²) in [5, 5.41) is 4.19. The van der Waals surface area contributed by atoms with E-state index in [1.165, 1.54) is 18.6 Å². The van der Waals surface area contributed by atoms with Crippen molar-refractivity contribution in [1.82, 2.24) is 0 Å². The molecule has 0 amide bonds. The Hall–Kier alpha value is -0.530. The van der Waals surface area contributed by atoms with E-state index in [1.807, 2.05) is 0 Å². The van der Waals surface area contributed by atoms with Crippen LogP contribution in [0.5, 0.6) is 0 Å². The minimum absolute atomic E-state index is 0.299. The van der Waals surface area contributed by atoms with Gasteiger partial charge in [0, 0.05) is 5.41 Å². The number of hydrogen-bond donors (Lipinski definition) is 0. The average molecular weight is 181 g/mol. The summed E-state index contributed by atoms with van der Waals surface area (Å²) >= 11 is 0. The quantitative estimate of drug-likeness (QED) is 0.570. The zero-order chi connectivity index (χ0) is 9.69. The summed E-state index contributed by atoms with van der Waals surface area (Å²) in [5.41, 5.74) is 2.01. The number of rotatable bonds is 1. The summed E-state index contributed by atoms with van der Waals surface area (Å²) in [7, 11) is 1.65. The van der Waals surface area contributed by atoms with Gasteiger partial charge in [0.2, 0.25) is 0 Å². The number of fused-ring (bicyclic) bond motifs is 2. The molecule has 2 nitrogen and oxygen atoms in total. The van der Waals surface area contributed by atoms with Crippen LogP contribution >= 0.6 is 0 Å². The lowest BCUT2D eigenvalue weighted by atomic mass is 9.70. The predicted octanol–water partition coefficient (Wildman–Crippen LogP) is 2.84. The number of oxime groups is 1. The first-order valence-electron chi connectivity index (χ1n) is 5.13. The van der Waals surface area contributed by atoms with E-state index < -0.39 is 0 Å². The van der Waals surface area contributed by atoms with Crippen LogP contribution in [0.15, 0.2) is 5.16 Å². The first-order valence-corrected chi connectivity index (χ1v) is 5.13. The summed E-state index contributed by atoms with van der Waals surface area (Å²) < 4.78 is 0. The van der Waals surface area contributed by atoms with Crippen LogP contribution in [0.1, 0.15) is 40.0 Å². The average Bonchev–Trinajstić information content (AvgIpc) is 2.37. The SMILES string of the molecule is CO/N=C1/C[C@H]2CC[C@]1(C)C2(C)C. The molecular formula is C11H19NO. The van der Waals surface area contributed by atoms with Crippen molar-refractivity contribution in [2.45, 2.75) is 40.0 Å². The van der Waals surface area contributed by atoms with E-state index >= 15 is 0 Å². The van der Waals surface area contributed by atoms with Gasteiger partial charge in [-0.15, -0.1) is 0 Å². The molecule has 2 rings (SSSR count). The zero-order valence-electron chi connectivity index (χ0n) is 9.05. The lowest BCUT2D eigenvalue weighted by molar-refractivity contribution is 0.180. The molecule has 0 aromatic carbocycles. The van der Waals surface area contributed by atoms with Gasteiger partial charge in [-0.2, -0.15) is 0 Å². The van der Waals surface area contributed by atoms with E-state index in [1.54, 1.807) is 7.11 Å². The minimum atomic E-state index is 0.299. The van der Waals surface area contributed by atoms with E-state index in [4.69, 9.17) is 4.84 Å². The van der Waals surface area contributed by atoms with Crippen LogP contribution < -0.4 is 0 Å². The molecule has 0 unspecified atom stereocenters. The first-order chi connectivity index (χ1) is 6.02. The largest absolute Gasteiger partial charge is 0.399 e. The molecule has 0 aromatic rings. The van der Waals surface area contributed by atoms with Crippen molar-refractivity contribution in [2.75, 3.05) is 7.11 Å². The van der Waals surface area contributed by atoms with Crippen molar-refractivity contribution in [3.8, 4) is 0 Å². The maximum Gasteiger partial charge on any atom is 0.106 e. The molecule has 0 heterocycles. The zero-order valence-corrected chi connectivity index (χ0v) is 9.05. The maximum atomic E-state index is 4.92. The molecule has 0 aliphatic heterocycles. The third kappa shape index (κ3) is 0.918. The van der Waals surface area contributed by atoms with Crippen molar-refractivity contribution >= 4 is 5.71 Å². The van der Waals surface area contributed by atoms with Gasteiger partial charge in [-0.3, -0.25) is 0 Å². The predicted molar refractivity (Wildman–Crippen MR) is 53.7 cm³/mol. The molecule has 2 bridgehead atoms. The molecular weight excluding hydrogens is 162 g/mol. The summed E-state index contributed by atoms with van der Waals surface area (Å²) in [5.74, 6) is 0.825. The molecule has 2 heteroatoms. The van der Waals surface area contributed by atoms with E-state index in [0.717, 1.165) is 12.3 Å². The van der Waals surface area contributed by atoms with Gasteiger partial charge in [0.25, 0.3) is 0 Å². The topological polar surface area (TPSA) is 21.6 Å². The highest BCUT2D eigenvalue weighted by molar-refractivity contribution is 5.93. The van der Waals surface area contributed by atoms with Gasteiger partial charge < -0.3 is 4.84 Å². The van der Waals surface area contributed by atoms with Crippen molar-refractivity contribution in [1.29, 1.82) is 0 Å². The normalized spacial score (nSPS) is 44.3. The lowest BCUT2D eigenvalue weighted by Crippen LogP contribution is -2.32. The standard InChI is InChI=1S/C11H19NO/c1-10(2)8-5-6-11(10,3)9(7-8)12-13-4/h8H,5-7H2,1-4H3/b12-9-/t8-,11+/m1/s1. The monoisotopic (exact) mass is 181 g/mol. The molecule has 2 atom stereocenters. The maximum absolute atomic E-state index is 4.92. The molecule has 74 valence electrons. The molecule has 0 spiro atoms. The van der Waals surface area contributed by atoms with Crippen LogP contribution in [0.3, 0.4) is 0 Å². The van der Waals surface area contributed by atoms with E-state index in [9.17, 15) is 0 Å². The Morgan fingerprint density at radius 3 is 2.46 bits per heavy atom. The third-order valence-corrected chi connectivity index (χ3v) is 4.71. The van der Waals surface area contributed by atoms with Crippen LogP contribution in [-0.2, 0) is 4.84 Å². The van der Waals surface area contributed by atoms with E-state index in [2.05, 4.69) is 25.9 Å². The van der Waals surface area contributed by atoms with Crippen LogP contribution in [0.2, 0.25) is 0 Å². The molecule has 2 aliphatic rings.